The number of nitrogens with one attached hydrogen (secondary N) is 1. The average Bonchev–Trinajstić information content (AvgIpc) is 2.40. The van der Waals surface area contributed by atoms with Gasteiger partial charge in [-0.05, 0) is 43.2 Å². The van der Waals surface area contributed by atoms with Crippen molar-refractivity contribution in [1.82, 2.24) is 0 Å². The molecule has 0 aliphatic rings. The van der Waals surface area contributed by atoms with Gasteiger partial charge in [-0.1, -0.05) is 30.3 Å². The lowest BCUT2D eigenvalue weighted by Gasteiger charge is -2.31. The Balaban J connectivity index is 2.14. The highest BCUT2D eigenvalue weighted by Gasteiger charge is 2.22. The Hall–Kier alpha value is -1.87. The number of hydrogen-bond donors (Lipinski definition) is 2. The summed E-state index contributed by atoms with van der Waals surface area (Å²) in [4.78, 5) is 0. The minimum Gasteiger partial charge on any atom is -0.378 e. The lowest BCUT2D eigenvalue weighted by Crippen LogP contribution is -2.44. The monoisotopic (exact) mass is 258 g/mol. The molecule has 19 heavy (non-hydrogen) atoms. The van der Waals surface area contributed by atoms with Crippen LogP contribution in [0.15, 0.2) is 54.6 Å². The molecular formula is C16H19FN2. The lowest BCUT2D eigenvalue weighted by molar-refractivity contribution is 0.518. The summed E-state index contributed by atoms with van der Waals surface area (Å²) in [6, 6.07) is 16.6. The van der Waals surface area contributed by atoms with Crippen LogP contribution in [0.4, 0.5) is 10.1 Å². The predicted octanol–water partition coefficient (Wildman–Crippen LogP) is 3.20. The fourth-order valence-corrected chi connectivity index (χ4v) is 2.13. The Morgan fingerprint density at radius 3 is 2.47 bits per heavy atom. The molecule has 0 saturated carbocycles. The number of anilines is 1. The molecule has 0 aliphatic heterocycles. The van der Waals surface area contributed by atoms with Crippen LogP contribution in [0, 0.1) is 5.82 Å². The van der Waals surface area contributed by atoms with Gasteiger partial charge in [0.15, 0.2) is 0 Å². The first-order valence-corrected chi connectivity index (χ1v) is 6.39. The zero-order valence-corrected chi connectivity index (χ0v) is 11.1. The molecule has 2 nitrogen and oxygen atoms in total. The van der Waals surface area contributed by atoms with Crippen molar-refractivity contribution in [3.63, 3.8) is 0 Å². The second-order valence-corrected chi connectivity index (χ2v) is 5.06. The van der Waals surface area contributed by atoms with Gasteiger partial charge < -0.3 is 11.1 Å². The second-order valence-electron chi connectivity index (χ2n) is 5.06. The molecule has 2 aromatic rings. The summed E-state index contributed by atoms with van der Waals surface area (Å²) in [5.41, 5.74) is 7.55. The van der Waals surface area contributed by atoms with E-state index in [1.165, 1.54) is 6.07 Å². The molecule has 0 heterocycles. The van der Waals surface area contributed by atoms with Crippen molar-refractivity contribution in [3.05, 3.63) is 66.0 Å². The molecule has 0 radical (unpaired) electrons. The summed E-state index contributed by atoms with van der Waals surface area (Å²) in [6.45, 7) is 2.52. The van der Waals surface area contributed by atoms with E-state index in [1.807, 2.05) is 43.3 Å². The van der Waals surface area contributed by atoms with Crippen molar-refractivity contribution in [2.75, 3.05) is 11.9 Å². The van der Waals surface area contributed by atoms with Crippen LogP contribution >= 0.6 is 0 Å². The standard InChI is InChI=1S/C16H19FN2/c1-16(12-18,19-15-8-3-2-4-9-15)11-13-6-5-7-14(17)10-13/h2-10,19H,11-12,18H2,1H3. The van der Waals surface area contributed by atoms with Gasteiger partial charge in [-0.2, -0.15) is 0 Å². The third-order valence-corrected chi connectivity index (χ3v) is 3.15. The van der Waals surface area contributed by atoms with Gasteiger partial charge in [-0.25, -0.2) is 4.39 Å². The highest BCUT2D eigenvalue weighted by Crippen LogP contribution is 2.19. The molecule has 0 spiro atoms. The second kappa shape index (κ2) is 5.85. The van der Waals surface area contributed by atoms with E-state index in [1.54, 1.807) is 12.1 Å². The maximum atomic E-state index is 13.2. The molecule has 100 valence electrons. The van der Waals surface area contributed by atoms with Crippen molar-refractivity contribution in [3.8, 4) is 0 Å². The molecule has 1 unspecified atom stereocenters. The molecule has 3 N–H and O–H groups in total. The summed E-state index contributed by atoms with van der Waals surface area (Å²) >= 11 is 0. The van der Waals surface area contributed by atoms with Gasteiger partial charge >= 0.3 is 0 Å². The van der Waals surface area contributed by atoms with E-state index in [2.05, 4.69) is 5.32 Å². The lowest BCUT2D eigenvalue weighted by atomic mass is 9.92. The maximum Gasteiger partial charge on any atom is 0.123 e. The Labute approximate surface area is 113 Å². The van der Waals surface area contributed by atoms with Crippen LogP contribution in [0.2, 0.25) is 0 Å². The van der Waals surface area contributed by atoms with Gasteiger partial charge in [0.05, 0.1) is 5.54 Å². The fraction of sp³-hybridized carbons (Fsp3) is 0.250. The Bertz CT molecular complexity index is 527. The molecule has 1 atom stereocenters. The number of para-hydroxylation sites is 1. The van der Waals surface area contributed by atoms with E-state index in [0.717, 1.165) is 11.3 Å². The van der Waals surface area contributed by atoms with Gasteiger partial charge in [-0.15, -0.1) is 0 Å². The molecule has 0 saturated heterocycles. The average molecular weight is 258 g/mol. The number of rotatable bonds is 5. The van der Waals surface area contributed by atoms with Gasteiger partial charge in [0.2, 0.25) is 0 Å². The first kappa shape index (κ1) is 13.6. The molecule has 0 bridgehead atoms. The van der Waals surface area contributed by atoms with E-state index in [4.69, 9.17) is 5.73 Å². The van der Waals surface area contributed by atoms with E-state index < -0.39 is 0 Å². The van der Waals surface area contributed by atoms with Gasteiger partial charge in [-0.3, -0.25) is 0 Å². The zero-order chi connectivity index (χ0) is 13.7. The molecule has 0 aliphatic carbocycles. The summed E-state index contributed by atoms with van der Waals surface area (Å²) in [5.74, 6) is -0.211. The van der Waals surface area contributed by atoms with Crippen LogP contribution in [-0.2, 0) is 6.42 Å². The number of hydrogen-bond acceptors (Lipinski definition) is 2. The minimum atomic E-state index is -0.296. The molecule has 0 fully saturated rings. The quantitative estimate of drug-likeness (QED) is 0.864. The van der Waals surface area contributed by atoms with E-state index in [-0.39, 0.29) is 11.4 Å². The van der Waals surface area contributed by atoms with Gasteiger partial charge in [0.25, 0.3) is 0 Å². The Morgan fingerprint density at radius 2 is 1.84 bits per heavy atom. The topological polar surface area (TPSA) is 38.0 Å². The van der Waals surface area contributed by atoms with Crippen LogP contribution < -0.4 is 11.1 Å². The van der Waals surface area contributed by atoms with Crippen LogP contribution in [-0.4, -0.2) is 12.1 Å². The predicted molar refractivity (Wildman–Crippen MR) is 77.6 cm³/mol. The van der Waals surface area contributed by atoms with Crippen LogP contribution in [0.5, 0.6) is 0 Å². The molecule has 0 aromatic heterocycles. The maximum absolute atomic E-state index is 13.2. The number of nitrogens with two attached hydrogens (primary N) is 1. The highest BCUT2D eigenvalue weighted by atomic mass is 19.1. The summed E-state index contributed by atoms with van der Waals surface area (Å²) in [7, 11) is 0. The number of benzene rings is 2. The molecule has 2 aromatic carbocycles. The first-order valence-electron chi connectivity index (χ1n) is 6.39. The SMILES string of the molecule is CC(CN)(Cc1cccc(F)c1)Nc1ccccc1. The first-order chi connectivity index (χ1) is 9.11. The Kier molecular flexibility index (Phi) is 4.17. The van der Waals surface area contributed by atoms with E-state index >= 15 is 0 Å². The summed E-state index contributed by atoms with van der Waals surface area (Å²) in [5, 5.41) is 3.43. The normalized spacial score (nSPS) is 13.8. The van der Waals surface area contributed by atoms with Crippen LogP contribution in [0.25, 0.3) is 0 Å². The largest absolute Gasteiger partial charge is 0.378 e. The van der Waals surface area contributed by atoms with Gasteiger partial charge in [0, 0.05) is 12.2 Å². The molecule has 3 heteroatoms. The molecule has 2 rings (SSSR count). The van der Waals surface area contributed by atoms with Crippen molar-refractivity contribution < 1.29 is 4.39 Å². The van der Waals surface area contributed by atoms with Crippen LogP contribution in [0.1, 0.15) is 12.5 Å². The van der Waals surface area contributed by atoms with Crippen LogP contribution in [0.3, 0.4) is 0 Å². The third kappa shape index (κ3) is 3.80. The van der Waals surface area contributed by atoms with E-state index in [0.29, 0.717) is 13.0 Å². The number of halogens is 1. The highest BCUT2D eigenvalue weighted by molar-refractivity contribution is 5.45. The minimum absolute atomic E-state index is 0.211. The summed E-state index contributed by atoms with van der Waals surface area (Å²) < 4.78 is 13.2. The van der Waals surface area contributed by atoms with Gasteiger partial charge in [0.1, 0.15) is 5.82 Å². The zero-order valence-electron chi connectivity index (χ0n) is 11.1. The third-order valence-electron chi connectivity index (χ3n) is 3.15. The summed E-state index contributed by atoms with van der Waals surface area (Å²) in [6.07, 6.45) is 0.677. The molecule has 0 amide bonds. The van der Waals surface area contributed by atoms with Crippen molar-refractivity contribution in [2.45, 2.75) is 18.9 Å². The molecular weight excluding hydrogens is 239 g/mol. The Morgan fingerprint density at radius 1 is 1.11 bits per heavy atom. The fourth-order valence-electron chi connectivity index (χ4n) is 2.13. The smallest absolute Gasteiger partial charge is 0.123 e. The van der Waals surface area contributed by atoms with E-state index in [9.17, 15) is 4.39 Å². The van der Waals surface area contributed by atoms with Crippen molar-refractivity contribution >= 4 is 5.69 Å². The van der Waals surface area contributed by atoms with Crippen molar-refractivity contribution in [1.29, 1.82) is 0 Å². The van der Waals surface area contributed by atoms with Crippen molar-refractivity contribution in [2.24, 2.45) is 5.73 Å².